The third-order valence-electron chi connectivity index (χ3n) is 3.01. The van der Waals surface area contributed by atoms with E-state index in [1.54, 1.807) is 11.3 Å². The van der Waals surface area contributed by atoms with Crippen LogP contribution in [-0.4, -0.2) is 0 Å². The summed E-state index contributed by atoms with van der Waals surface area (Å²) in [5.74, 6) is 4.34. The Kier molecular flexibility index (Phi) is 4.63. The number of hydrazine groups is 1. The van der Waals surface area contributed by atoms with Crippen molar-refractivity contribution in [1.29, 1.82) is 0 Å². The zero-order valence-electron chi connectivity index (χ0n) is 10.6. The molecule has 1 aromatic carbocycles. The molecule has 19 heavy (non-hydrogen) atoms. The van der Waals surface area contributed by atoms with Crippen LogP contribution in [0.2, 0.25) is 0 Å². The molecule has 0 amide bonds. The van der Waals surface area contributed by atoms with Gasteiger partial charge >= 0.3 is 0 Å². The zero-order valence-corrected chi connectivity index (χ0v) is 11.4. The fourth-order valence-corrected chi connectivity index (χ4v) is 2.97. The molecule has 0 aliphatic carbocycles. The Morgan fingerprint density at radius 1 is 1.21 bits per heavy atom. The number of benzene rings is 1. The third-order valence-corrected chi connectivity index (χ3v) is 4.26. The minimum atomic E-state index is -0.582. The topological polar surface area (TPSA) is 38.0 Å². The molecular weight excluding hydrogens is 266 g/mol. The molecule has 5 heteroatoms. The highest BCUT2D eigenvalue weighted by Crippen LogP contribution is 2.25. The second kappa shape index (κ2) is 6.23. The van der Waals surface area contributed by atoms with Crippen LogP contribution in [0, 0.1) is 11.6 Å². The first kappa shape index (κ1) is 14.1. The molecule has 1 aromatic heterocycles. The molecule has 2 rings (SSSR count). The van der Waals surface area contributed by atoms with Crippen molar-refractivity contribution in [2.24, 2.45) is 5.84 Å². The molecule has 0 saturated carbocycles. The van der Waals surface area contributed by atoms with E-state index in [0.717, 1.165) is 17.4 Å². The van der Waals surface area contributed by atoms with Crippen molar-refractivity contribution in [3.8, 4) is 0 Å². The molecule has 2 nitrogen and oxygen atoms in total. The van der Waals surface area contributed by atoms with E-state index in [-0.39, 0.29) is 6.04 Å². The monoisotopic (exact) mass is 282 g/mol. The zero-order chi connectivity index (χ0) is 13.8. The summed E-state index contributed by atoms with van der Waals surface area (Å²) in [6.07, 6.45) is 1.57. The number of halogens is 2. The maximum atomic E-state index is 13.7. The fourth-order valence-electron chi connectivity index (χ4n) is 1.97. The number of nitrogens with two attached hydrogens (primary N) is 1. The lowest BCUT2D eigenvalue weighted by Gasteiger charge is -2.16. The van der Waals surface area contributed by atoms with Gasteiger partial charge in [-0.3, -0.25) is 11.3 Å². The Labute approximate surface area is 115 Å². The van der Waals surface area contributed by atoms with Gasteiger partial charge < -0.3 is 0 Å². The number of aryl methyl sites for hydroxylation is 1. The SMILES string of the molecule is CCc1ccc(CC(NN)c2ccc(F)cc2F)s1. The minimum Gasteiger partial charge on any atom is -0.271 e. The van der Waals surface area contributed by atoms with Crippen LogP contribution in [0.1, 0.15) is 28.3 Å². The Hall–Kier alpha value is -1.30. The van der Waals surface area contributed by atoms with Gasteiger partial charge in [-0.05, 0) is 24.6 Å². The summed E-state index contributed by atoms with van der Waals surface area (Å²) in [6.45, 7) is 2.09. The van der Waals surface area contributed by atoms with Crippen molar-refractivity contribution < 1.29 is 8.78 Å². The highest BCUT2D eigenvalue weighted by atomic mass is 32.1. The van der Waals surface area contributed by atoms with Crippen LogP contribution in [-0.2, 0) is 12.8 Å². The van der Waals surface area contributed by atoms with Gasteiger partial charge in [-0.2, -0.15) is 0 Å². The molecule has 1 atom stereocenters. The second-order valence-electron chi connectivity index (χ2n) is 4.31. The van der Waals surface area contributed by atoms with Crippen LogP contribution in [0.3, 0.4) is 0 Å². The third kappa shape index (κ3) is 3.37. The second-order valence-corrected chi connectivity index (χ2v) is 5.56. The van der Waals surface area contributed by atoms with E-state index in [9.17, 15) is 8.78 Å². The van der Waals surface area contributed by atoms with Gasteiger partial charge in [-0.25, -0.2) is 8.78 Å². The molecule has 0 aliphatic rings. The molecule has 0 saturated heterocycles. The quantitative estimate of drug-likeness (QED) is 0.652. The van der Waals surface area contributed by atoms with Crippen molar-refractivity contribution in [3.05, 3.63) is 57.3 Å². The average Bonchev–Trinajstić information content (AvgIpc) is 2.84. The predicted octanol–water partition coefficient (Wildman–Crippen LogP) is 3.34. The standard InChI is InChI=1S/C14H16F2N2S/c1-2-10-4-5-11(19-10)8-14(18-17)12-6-3-9(15)7-13(12)16/h3-7,14,18H,2,8,17H2,1H3. The van der Waals surface area contributed by atoms with E-state index in [4.69, 9.17) is 5.84 Å². The van der Waals surface area contributed by atoms with Crippen molar-refractivity contribution in [2.75, 3.05) is 0 Å². The van der Waals surface area contributed by atoms with Gasteiger partial charge in [0.2, 0.25) is 0 Å². The lowest BCUT2D eigenvalue weighted by atomic mass is 10.0. The Bertz CT molecular complexity index is 554. The Balaban J connectivity index is 2.19. The summed E-state index contributed by atoms with van der Waals surface area (Å²) in [5.41, 5.74) is 2.98. The molecule has 0 radical (unpaired) electrons. The minimum absolute atomic E-state index is 0.357. The number of nitrogens with one attached hydrogen (secondary N) is 1. The van der Waals surface area contributed by atoms with Crippen LogP contribution >= 0.6 is 11.3 Å². The maximum absolute atomic E-state index is 13.7. The molecule has 102 valence electrons. The highest BCUT2D eigenvalue weighted by Gasteiger charge is 2.16. The summed E-state index contributed by atoms with van der Waals surface area (Å²) >= 11 is 1.69. The van der Waals surface area contributed by atoms with Crippen LogP contribution in [0.25, 0.3) is 0 Å². The number of hydrogen-bond donors (Lipinski definition) is 2. The maximum Gasteiger partial charge on any atom is 0.130 e. The average molecular weight is 282 g/mol. The van der Waals surface area contributed by atoms with E-state index < -0.39 is 11.6 Å². The molecule has 2 aromatic rings. The van der Waals surface area contributed by atoms with E-state index in [2.05, 4.69) is 18.4 Å². The summed E-state index contributed by atoms with van der Waals surface area (Å²) < 4.78 is 26.6. The van der Waals surface area contributed by atoms with E-state index in [1.165, 1.54) is 17.0 Å². The molecular formula is C14H16F2N2S. The number of rotatable bonds is 5. The van der Waals surface area contributed by atoms with Crippen molar-refractivity contribution in [3.63, 3.8) is 0 Å². The summed E-state index contributed by atoms with van der Waals surface area (Å²) in [5, 5.41) is 0. The van der Waals surface area contributed by atoms with Gasteiger partial charge in [0.1, 0.15) is 11.6 Å². The van der Waals surface area contributed by atoms with Crippen LogP contribution < -0.4 is 11.3 Å². The van der Waals surface area contributed by atoms with Gasteiger partial charge in [0.05, 0.1) is 6.04 Å². The summed E-state index contributed by atoms with van der Waals surface area (Å²) in [6, 6.07) is 7.29. The summed E-state index contributed by atoms with van der Waals surface area (Å²) in [7, 11) is 0. The number of thiophene rings is 1. The van der Waals surface area contributed by atoms with E-state index in [0.29, 0.717) is 12.0 Å². The first-order chi connectivity index (χ1) is 9.13. The first-order valence-electron chi connectivity index (χ1n) is 6.12. The van der Waals surface area contributed by atoms with Crippen LogP contribution in [0.4, 0.5) is 8.78 Å². The Morgan fingerprint density at radius 2 is 1.95 bits per heavy atom. The molecule has 0 fully saturated rings. The molecule has 0 aliphatic heterocycles. The summed E-state index contributed by atoms with van der Waals surface area (Å²) in [4.78, 5) is 2.41. The van der Waals surface area contributed by atoms with Gasteiger partial charge in [0.15, 0.2) is 0 Å². The fraction of sp³-hybridized carbons (Fsp3) is 0.286. The molecule has 1 unspecified atom stereocenters. The van der Waals surface area contributed by atoms with Gasteiger partial charge in [0.25, 0.3) is 0 Å². The van der Waals surface area contributed by atoms with Gasteiger partial charge in [-0.15, -0.1) is 11.3 Å². The number of hydrogen-bond acceptors (Lipinski definition) is 3. The molecule has 3 N–H and O–H groups in total. The van der Waals surface area contributed by atoms with Crippen molar-refractivity contribution >= 4 is 11.3 Å². The van der Waals surface area contributed by atoms with Gasteiger partial charge in [-0.1, -0.05) is 13.0 Å². The smallest absolute Gasteiger partial charge is 0.130 e. The highest BCUT2D eigenvalue weighted by molar-refractivity contribution is 7.11. The molecule has 0 bridgehead atoms. The van der Waals surface area contributed by atoms with Crippen LogP contribution in [0.15, 0.2) is 30.3 Å². The lowest BCUT2D eigenvalue weighted by Crippen LogP contribution is -2.30. The molecule has 0 spiro atoms. The van der Waals surface area contributed by atoms with Crippen LogP contribution in [0.5, 0.6) is 0 Å². The first-order valence-corrected chi connectivity index (χ1v) is 6.94. The normalized spacial score (nSPS) is 12.6. The van der Waals surface area contributed by atoms with E-state index in [1.807, 2.05) is 6.07 Å². The largest absolute Gasteiger partial charge is 0.271 e. The predicted molar refractivity (Wildman–Crippen MR) is 73.8 cm³/mol. The Morgan fingerprint density at radius 3 is 2.53 bits per heavy atom. The lowest BCUT2D eigenvalue weighted by molar-refractivity contribution is 0.504. The van der Waals surface area contributed by atoms with Gasteiger partial charge in [0, 0.05) is 27.8 Å². The van der Waals surface area contributed by atoms with E-state index >= 15 is 0 Å². The van der Waals surface area contributed by atoms with Crippen molar-refractivity contribution in [1.82, 2.24) is 5.43 Å². The van der Waals surface area contributed by atoms with Crippen molar-refractivity contribution in [2.45, 2.75) is 25.8 Å². The molecule has 1 heterocycles.